The van der Waals surface area contributed by atoms with E-state index in [1.165, 1.54) is 25.7 Å². The Bertz CT molecular complexity index is 62.3. The zero-order valence-corrected chi connectivity index (χ0v) is 8.06. The molecule has 0 amide bonds. The minimum absolute atomic E-state index is 0.160. The molecule has 0 heterocycles. The summed E-state index contributed by atoms with van der Waals surface area (Å²) in [6.07, 6.45) is 6.26. The lowest BCUT2D eigenvalue weighted by atomic mass is 10.1. The summed E-state index contributed by atoms with van der Waals surface area (Å²) in [7, 11) is 0.160. The molecule has 0 saturated heterocycles. The number of unbranched alkanes of at least 4 members (excludes halogenated alkanes) is 2. The highest BCUT2D eigenvalue weighted by Gasteiger charge is 2.02. The minimum Gasteiger partial charge on any atom is -0.377 e. The van der Waals surface area contributed by atoms with Crippen LogP contribution < -0.4 is 0 Å². The first-order valence-corrected chi connectivity index (χ1v) is 5.27. The van der Waals surface area contributed by atoms with Gasteiger partial charge in [0.25, 0.3) is 0 Å². The Balaban J connectivity index is 3.09. The molecule has 2 unspecified atom stereocenters. The molecular formula is C8H19OP. The van der Waals surface area contributed by atoms with Crippen molar-refractivity contribution in [3.63, 3.8) is 0 Å². The third-order valence-corrected chi connectivity index (χ3v) is 2.89. The normalized spacial score (nSPS) is 14.7. The summed E-state index contributed by atoms with van der Waals surface area (Å²) in [5, 5.41) is 0. The summed E-state index contributed by atoms with van der Waals surface area (Å²) in [5.74, 6) is 0. The van der Waals surface area contributed by atoms with Crippen molar-refractivity contribution in [2.75, 3.05) is 0 Å². The molecule has 2 atom stereocenters. The molecule has 0 rings (SSSR count). The van der Waals surface area contributed by atoms with E-state index in [0.29, 0.717) is 5.66 Å². The minimum atomic E-state index is 0.160. The summed E-state index contributed by atoms with van der Waals surface area (Å²) in [5.41, 5.74) is 0.589. The van der Waals surface area contributed by atoms with Crippen molar-refractivity contribution in [3.8, 4) is 0 Å². The first kappa shape index (κ1) is 10.4. The maximum Gasteiger partial charge on any atom is 0.0138 e. The molecule has 0 bridgehead atoms. The van der Waals surface area contributed by atoms with Crippen LogP contribution in [0.1, 0.15) is 46.0 Å². The summed E-state index contributed by atoms with van der Waals surface area (Å²) in [6, 6.07) is 0. The average Bonchev–Trinajstić information content (AvgIpc) is 1.99. The molecule has 0 aromatic carbocycles. The van der Waals surface area contributed by atoms with Crippen LogP contribution in [0.15, 0.2) is 0 Å². The van der Waals surface area contributed by atoms with Gasteiger partial charge in [-0.2, -0.15) is 0 Å². The van der Waals surface area contributed by atoms with Gasteiger partial charge in [0, 0.05) is 14.5 Å². The van der Waals surface area contributed by atoms with E-state index in [1.807, 2.05) is 0 Å². The topological polar surface area (TPSA) is 20.2 Å². The van der Waals surface area contributed by atoms with E-state index in [0.717, 1.165) is 6.42 Å². The van der Waals surface area contributed by atoms with Crippen molar-refractivity contribution in [1.82, 2.24) is 0 Å². The Morgan fingerprint density at radius 2 is 2.00 bits per heavy atom. The van der Waals surface area contributed by atoms with Crippen LogP contribution >= 0.6 is 8.81 Å². The standard InChI is InChI=1S/C8H19OP/c1-3-5-6-7-8(4-2)10-9/h8-10H,3-7H2,1-2H3. The predicted octanol–water partition coefficient (Wildman–Crippen LogP) is 2.93. The Morgan fingerprint density at radius 1 is 1.30 bits per heavy atom. The van der Waals surface area contributed by atoms with Gasteiger partial charge in [0.15, 0.2) is 0 Å². The second kappa shape index (κ2) is 7.50. The fourth-order valence-electron chi connectivity index (χ4n) is 1.00. The summed E-state index contributed by atoms with van der Waals surface area (Å²) in [6.45, 7) is 4.36. The molecule has 2 heteroatoms. The zero-order chi connectivity index (χ0) is 7.82. The molecule has 0 radical (unpaired) electrons. The third-order valence-electron chi connectivity index (χ3n) is 1.83. The average molecular weight is 162 g/mol. The van der Waals surface area contributed by atoms with E-state index in [-0.39, 0.29) is 8.81 Å². The summed E-state index contributed by atoms with van der Waals surface area (Å²) >= 11 is 0. The van der Waals surface area contributed by atoms with Gasteiger partial charge in [-0.15, -0.1) is 0 Å². The van der Waals surface area contributed by atoms with Crippen molar-refractivity contribution in [2.24, 2.45) is 0 Å². The van der Waals surface area contributed by atoms with Crippen LogP contribution in [0.4, 0.5) is 0 Å². The van der Waals surface area contributed by atoms with E-state index in [4.69, 9.17) is 4.89 Å². The maximum absolute atomic E-state index is 8.85. The fourth-order valence-corrected chi connectivity index (χ4v) is 1.52. The lowest BCUT2D eigenvalue weighted by molar-refractivity contribution is 0.581. The van der Waals surface area contributed by atoms with Crippen LogP contribution in [0, 0.1) is 0 Å². The van der Waals surface area contributed by atoms with Crippen molar-refractivity contribution >= 4 is 8.81 Å². The molecule has 0 aromatic heterocycles. The highest BCUT2D eigenvalue weighted by molar-refractivity contribution is 7.32. The summed E-state index contributed by atoms with van der Waals surface area (Å²) in [4.78, 5) is 8.85. The van der Waals surface area contributed by atoms with E-state index in [9.17, 15) is 0 Å². The zero-order valence-electron chi connectivity index (χ0n) is 7.06. The second-order valence-corrected chi connectivity index (χ2v) is 3.80. The summed E-state index contributed by atoms with van der Waals surface area (Å²) < 4.78 is 0. The Labute approximate surface area is 66.1 Å². The Kier molecular flexibility index (Phi) is 7.79. The Hall–Kier alpha value is 0.390. The van der Waals surface area contributed by atoms with Gasteiger partial charge in [-0.05, 0) is 12.8 Å². The monoisotopic (exact) mass is 162 g/mol. The molecule has 0 aliphatic heterocycles. The Morgan fingerprint density at radius 3 is 2.40 bits per heavy atom. The maximum atomic E-state index is 8.85. The second-order valence-electron chi connectivity index (χ2n) is 2.73. The van der Waals surface area contributed by atoms with Crippen molar-refractivity contribution in [3.05, 3.63) is 0 Å². The van der Waals surface area contributed by atoms with Crippen LogP contribution in [0.2, 0.25) is 0 Å². The quantitative estimate of drug-likeness (QED) is 0.470. The molecule has 1 nitrogen and oxygen atoms in total. The highest BCUT2D eigenvalue weighted by atomic mass is 31.1. The van der Waals surface area contributed by atoms with Crippen LogP contribution in [0.25, 0.3) is 0 Å². The van der Waals surface area contributed by atoms with Crippen LogP contribution in [0.5, 0.6) is 0 Å². The molecule has 1 N–H and O–H groups in total. The van der Waals surface area contributed by atoms with Gasteiger partial charge in [-0.25, -0.2) is 0 Å². The van der Waals surface area contributed by atoms with Crippen molar-refractivity contribution in [1.29, 1.82) is 0 Å². The SMILES string of the molecule is CCCCCC(CC)PO. The lowest BCUT2D eigenvalue weighted by Gasteiger charge is -2.09. The van der Waals surface area contributed by atoms with Gasteiger partial charge in [0.2, 0.25) is 0 Å². The van der Waals surface area contributed by atoms with Crippen molar-refractivity contribution < 1.29 is 4.89 Å². The van der Waals surface area contributed by atoms with E-state index < -0.39 is 0 Å². The molecule has 0 spiro atoms. The molecule has 10 heavy (non-hydrogen) atoms. The van der Waals surface area contributed by atoms with Gasteiger partial charge >= 0.3 is 0 Å². The van der Waals surface area contributed by atoms with Crippen LogP contribution in [0.3, 0.4) is 0 Å². The smallest absolute Gasteiger partial charge is 0.0138 e. The van der Waals surface area contributed by atoms with E-state index in [2.05, 4.69) is 13.8 Å². The van der Waals surface area contributed by atoms with Crippen LogP contribution in [-0.4, -0.2) is 10.6 Å². The molecular weight excluding hydrogens is 143 g/mol. The highest BCUT2D eigenvalue weighted by Crippen LogP contribution is 2.22. The molecule has 0 saturated carbocycles. The van der Waals surface area contributed by atoms with Gasteiger partial charge in [0.05, 0.1) is 0 Å². The van der Waals surface area contributed by atoms with E-state index in [1.54, 1.807) is 0 Å². The molecule has 0 aliphatic carbocycles. The number of rotatable bonds is 6. The first-order valence-electron chi connectivity index (χ1n) is 4.24. The number of hydrogen-bond acceptors (Lipinski definition) is 1. The van der Waals surface area contributed by atoms with Gasteiger partial charge < -0.3 is 4.89 Å². The first-order chi connectivity index (χ1) is 4.85. The van der Waals surface area contributed by atoms with Crippen LogP contribution in [-0.2, 0) is 0 Å². The molecule has 0 fully saturated rings. The molecule has 0 aromatic rings. The van der Waals surface area contributed by atoms with Gasteiger partial charge in [-0.1, -0.05) is 33.1 Å². The van der Waals surface area contributed by atoms with Crippen molar-refractivity contribution in [2.45, 2.75) is 51.6 Å². The largest absolute Gasteiger partial charge is 0.377 e. The molecule has 0 aliphatic rings. The van der Waals surface area contributed by atoms with Gasteiger partial charge in [0.1, 0.15) is 0 Å². The fraction of sp³-hybridized carbons (Fsp3) is 1.00. The predicted molar refractivity (Wildman–Crippen MR) is 48.8 cm³/mol. The number of hydrogen-bond donors (Lipinski definition) is 1. The van der Waals surface area contributed by atoms with E-state index >= 15 is 0 Å². The molecule has 62 valence electrons. The third kappa shape index (κ3) is 5.20. The van der Waals surface area contributed by atoms with Gasteiger partial charge in [-0.3, -0.25) is 0 Å². The lowest BCUT2D eigenvalue weighted by Crippen LogP contribution is -1.97.